The van der Waals surface area contributed by atoms with E-state index in [-0.39, 0.29) is 24.2 Å². The van der Waals surface area contributed by atoms with Gasteiger partial charge >= 0.3 is 0 Å². The van der Waals surface area contributed by atoms with E-state index in [2.05, 4.69) is 11.0 Å². The summed E-state index contributed by atoms with van der Waals surface area (Å²) in [5.41, 5.74) is 1.20. The summed E-state index contributed by atoms with van der Waals surface area (Å²) in [7, 11) is 0. The van der Waals surface area contributed by atoms with Crippen LogP contribution in [0.1, 0.15) is 5.56 Å². The number of carbonyl (C=O) groups is 1. The highest BCUT2D eigenvalue weighted by Gasteiger charge is 2.21. The van der Waals surface area contributed by atoms with Crippen LogP contribution >= 0.6 is 24.0 Å². The molecule has 1 fully saturated rings. The molecule has 0 N–H and O–H groups in total. The highest BCUT2D eigenvalue weighted by molar-refractivity contribution is 6.27. The molecule has 0 atom stereocenters. The van der Waals surface area contributed by atoms with Crippen LogP contribution in [0, 0.1) is 0 Å². The van der Waals surface area contributed by atoms with Crippen molar-refractivity contribution >= 4 is 29.9 Å². The summed E-state index contributed by atoms with van der Waals surface area (Å²) in [4.78, 5) is 15.7. The topological polar surface area (TPSA) is 42.0 Å². The second-order valence-electron chi connectivity index (χ2n) is 5.27. The van der Waals surface area contributed by atoms with Crippen molar-refractivity contribution in [3.05, 3.63) is 23.8 Å². The minimum Gasteiger partial charge on any atom is -0.486 e. The van der Waals surface area contributed by atoms with Gasteiger partial charge in [-0.25, -0.2) is 0 Å². The number of amides is 1. The molecule has 0 unspecified atom stereocenters. The fraction of sp³-hybridized carbons (Fsp3) is 0.533. The van der Waals surface area contributed by atoms with Gasteiger partial charge in [0.15, 0.2) is 11.5 Å². The Bertz CT molecular complexity index is 520. The van der Waals surface area contributed by atoms with Crippen LogP contribution in [0.3, 0.4) is 0 Å². The average molecular weight is 347 g/mol. The molecule has 1 amide bonds. The SMILES string of the molecule is Cl.O=C(CCl)N1CCN(Cc2ccc3c(c2)OCCO3)CC1. The maximum Gasteiger partial charge on any atom is 0.237 e. The molecule has 1 saturated heterocycles. The largest absolute Gasteiger partial charge is 0.486 e. The van der Waals surface area contributed by atoms with E-state index in [0.29, 0.717) is 13.2 Å². The molecule has 0 radical (unpaired) electrons. The number of hydrogen-bond acceptors (Lipinski definition) is 4. The van der Waals surface area contributed by atoms with Gasteiger partial charge in [-0.2, -0.15) is 0 Å². The molecule has 0 aromatic heterocycles. The van der Waals surface area contributed by atoms with Crippen molar-refractivity contribution in [1.29, 1.82) is 0 Å². The van der Waals surface area contributed by atoms with Crippen LogP contribution in [-0.4, -0.2) is 61.0 Å². The lowest BCUT2D eigenvalue weighted by Crippen LogP contribution is -2.48. The minimum absolute atomic E-state index is 0. The average Bonchev–Trinajstić information content (AvgIpc) is 2.55. The maximum absolute atomic E-state index is 11.5. The summed E-state index contributed by atoms with van der Waals surface area (Å²) in [6.07, 6.45) is 0. The number of hydrogen-bond donors (Lipinski definition) is 0. The van der Waals surface area contributed by atoms with Crippen LogP contribution in [0.15, 0.2) is 18.2 Å². The molecule has 0 saturated carbocycles. The molecular formula is C15H20Cl2N2O3. The Kier molecular flexibility index (Phi) is 6.17. The number of ether oxygens (including phenoxy) is 2. The fourth-order valence-electron chi connectivity index (χ4n) is 2.68. The van der Waals surface area contributed by atoms with Crippen molar-refractivity contribution < 1.29 is 14.3 Å². The lowest BCUT2D eigenvalue weighted by molar-refractivity contribution is -0.130. The van der Waals surface area contributed by atoms with Gasteiger partial charge in [-0.05, 0) is 17.7 Å². The Balaban J connectivity index is 0.00000176. The number of rotatable bonds is 3. The number of nitrogens with zero attached hydrogens (tertiary/aromatic N) is 2. The summed E-state index contributed by atoms with van der Waals surface area (Å²) >= 11 is 5.59. The fourth-order valence-corrected chi connectivity index (χ4v) is 2.85. The van der Waals surface area contributed by atoms with Gasteiger partial charge in [0, 0.05) is 32.7 Å². The summed E-state index contributed by atoms with van der Waals surface area (Å²) in [5.74, 6) is 1.75. The zero-order valence-corrected chi connectivity index (χ0v) is 13.9. The van der Waals surface area contributed by atoms with E-state index in [1.54, 1.807) is 0 Å². The van der Waals surface area contributed by atoms with E-state index in [0.717, 1.165) is 44.2 Å². The Morgan fingerprint density at radius 3 is 2.45 bits per heavy atom. The van der Waals surface area contributed by atoms with Crippen LogP contribution in [0.4, 0.5) is 0 Å². The smallest absolute Gasteiger partial charge is 0.237 e. The van der Waals surface area contributed by atoms with Gasteiger partial charge in [-0.15, -0.1) is 24.0 Å². The first-order chi connectivity index (χ1) is 10.3. The number of benzene rings is 1. The van der Waals surface area contributed by atoms with Crippen LogP contribution < -0.4 is 9.47 Å². The van der Waals surface area contributed by atoms with Crippen LogP contribution in [0.2, 0.25) is 0 Å². The minimum atomic E-state index is 0. The van der Waals surface area contributed by atoms with Crippen molar-refractivity contribution in [2.24, 2.45) is 0 Å². The monoisotopic (exact) mass is 346 g/mol. The van der Waals surface area contributed by atoms with Gasteiger partial charge < -0.3 is 14.4 Å². The Morgan fingerprint density at radius 2 is 1.77 bits per heavy atom. The molecule has 7 heteroatoms. The van der Waals surface area contributed by atoms with Crippen LogP contribution in [0.5, 0.6) is 11.5 Å². The highest BCUT2D eigenvalue weighted by Crippen LogP contribution is 2.31. The molecule has 1 aromatic rings. The highest BCUT2D eigenvalue weighted by atomic mass is 35.5. The van der Waals surface area contributed by atoms with Crippen molar-refractivity contribution in [1.82, 2.24) is 9.80 Å². The van der Waals surface area contributed by atoms with Gasteiger partial charge in [0.1, 0.15) is 19.1 Å². The van der Waals surface area contributed by atoms with Crippen molar-refractivity contribution in [3.8, 4) is 11.5 Å². The number of carbonyl (C=O) groups excluding carboxylic acids is 1. The zero-order valence-electron chi connectivity index (χ0n) is 12.3. The van der Waals surface area contributed by atoms with Crippen molar-refractivity contribution in [2.75, 3.05) is 45.3 Å². The third-order valence-corrected chi connectivity index (χ3v) is 4.08. The molecular weight excluding hydrogens is 327 g/mol. The number of fused-ring (bicyclic) bond motifs is 1. The lowest BCUT2D eigenvalue weighted by atomic mass is 10.1. The Morgan fingerprint density at radius 1 is 1.09 bits per heavy atom. The second kappa shape index (κ2) is 7.90. The third-order valence-electron chi connectivity index (χ3n) is 3.85. The molecule has 0 bridgehead atoms. The molecule has 1 aromatic carbocycles. The van der Waals surface area contributed by atoms with E-state index >= 15 is 0 Å². The molecule has 0 aliphatic carbocycles. The van der Waals surface area contributed by atoms with Gasteiger partial charge in [0.25, 0.3) is 0 Å². The lowest BCUT2D eigenvalue weighted by Gasteiger charge is -2.34. The van der Waals surface area contributed by atoms with Crippen LogP contribution in [-0.2, 0) is 11.3 Å². The summed E-state index contributed by atoms with van der Waals surface area (Å²) in [6.45, 7) is 5.32. The van der Waals surface area contributed by atoms with E-state index < -0.39 is 0 Å². The molecule has 22 heavy (non-hydrogen) atoms. The van der Waals surface area contributed by atoms with E-state index in [4.69, 9.17) is 21.1 Å². The van der Waals surface area contributed by atoms with Gasteiger partial charge in [-0.3, -0.25) is 9.69 Å². The first-order valence-electron chi connectivity index (χ1n) is 7.21. The van der Waals surface area contributed by atoms with Gasteiger partial charge in [-0.1, -0.05) is 6.07 Å². The molecule has 5 nitrogen and oxygen atoms in total. The first-order valence-corrected chi connectivity index (χ1v) is 7.74. The third kappa shape index (κ3) is 3.97. The number of alkyl halides is 1. The van der Waals surface area contributed by atoms with E-state index in [9.17, 15) is 4.79 Å². The van der Waals surface area contributed by atoms with Crippen LogP contribution in [0.25, 0.3) is 0 Å². The molecule has 2 aliphatic rings. The summed E-state index contributed by atoms with van der Waals surface area (Å²) < 4.78 is 11.1. The zero-order chi connectivity index (χ0) is 14.7. The predicted octanol–water partition coefficient (Wildman–Crippen LogP) is 1.76. The standard InChI is InChI=1S/C15H19ClN2O3.ClH/c16-10-15(19)18-5-3-17(4-6-18)11-12-1-2-13-14(9-12)21-8-7-20-13;/h1-2,9H,3-8,10-11H2;1H. The number of halogens is 2. The quantitative estimate of drug-likeness (QED) is 0.782. The maximum atomic E-state index is 11.5. The van der Waals surface area contributed by atoms with E-state index in [1.165, 1.54) is 5.56 Å². The predicted molar refractivity (Wildman–Crippen MR) is 87.3 cm³/mol. The Labute approximate surface area is 141 Å². The van der Waals surface area contributed by atoms with Crippen molar-refractivity contribution in [2.45, 2.75) is 6.54 Å². The second-order valence-corrected chi connectivity index (χ2v) is 5.54. The Hall–Kier alpha value is -1.17. The molecule has 0 spiro atoms. The van der Waals surface area contributed by atoms with Gasteiger partial charge in [0.2, 0.25) is 5.91 Å². The van der Waals surface area contributed by atoms with Gasteiger partial charge in [0.05, 0.1) is 0 Å². The normalized spacial score (nSPS) is 17.8. The molecule has 2 heterocycles. The van der Waals surface area contributed by atoms with Crippen molar-refractivity contribution in [3.63, 3.8) is 0 Å². The summed E-state index contributed by atoms with van der Waals surface area (Å²) in [5, 5.41) is 0. The van der Waals surface area contributed by atoms with E-state index in [1.807, 2.05) is 17.0 Å². The summed E-state index contributed by atoms with van der Waals surface area (Å²) in [6, 6.07) is 6.09. The molecule has 3 rings (SSSR count). The first kappa shape index (κ1) is 17.2. The molecule has 2 aliphatic heterocycles. The molecule has 122 valence electrons. The number of piperazine rings is 1.